The van der Waals surface area contributed by atoms with Crippen LogP contribution in [0.5, 0.6) is 0 Å². The van der Waals surface area contributed by atoms with Crippen molar-refractivity contribution in [3.05, 3.63) is 60.2 Å². The normalized spacial score (nSPS) is 11.9. The summed E-state index contributed by atoms with van der Waals surface area (Å²) in [7, 11) is 4.11. The van der Waals surface area contributed by atoms with E-state index < -0.39 is 0 Å². The Hall–Kier alpha value is -1.96. The molecule has 1 unspecified atom stereocenters. The molecule has 2 aromatic carbocycles. The average Bonchev–Trinajstić information content (AvgIpc) is 2.46. The average molecular weight is 254 g/mol. The molecule has 19 heavy (non-hydrogen) atoms. The number of nitrogens with one attached hydrogen (secondary N) is 1. The molecule has 0 saturated carbocycles. The third-order valence-corrected chi connectivity index (χ3v) is 3.36. The Morgan fingerprint density at radius 3 is 2.16 bits per heavy atom. The summed E-state index contributed by atoms with van der Waals surface area (Å²) in [6.07, 6.45) is 0. The van der Waals surface area contributed by atoms with Gasteiger partial charge in [0.2, 0.25) is 0 Å². The second kappa shape index (κ2) is 6.28. The van der Waals surface area contributed by atoms with E-state index in [1.807, 2.05) is 0 Å². The van der Waals surface area contributed by atoms with Gasteiger partial charge in [-0.3, -0.25) is 0 Å². The molecule has 100 valence electrons. The zero-order chi connectivity index (χ0) is 13.7. The molecule has 0 radical (unpaired) electrons. The van der Waals surface area contributed by atoms with E-state index in [-0.39, 0.29) is 0 Å². The number of hydrogen-bond donors (Lipinski definition) is 1. The number of rotatable bonds is 5. The monoisotopic (exact) mass is 254 g/mol. The minimum absolute atomic E-state index is 0.509. The maximum atomic E-state index is 3.49. The summed E-state index contributed by atoms with van der Waals surface area (Å²) in [5, 5.41) is 3.49. The van der Waals surface area contributed by atoms with Gasteiger partial charge in [0.25, 0.3) is 0 Å². The van der Waals surface area contributed by atoms with Crippen molar-refractivity contribution in [1.82, 2.24) is 0 Å². The summed E-state index contributed by atoms with van der Waals surface area (Å²) in [5.74, 6) is 0.509. The molecule has 2 aromatic rings. The number of hydrogen-bond acceptors (Lipinski definition) is 2. The first-order valence-electron chi connectivity index (χ1n) is 6.73. The molecule has 1 N–H and O–H groups in total. The maximum Gasteiger partial charge on any atom is 0.0362 e. The summed E-state index contributed by atoms with van der Waals surface area (Å²) < 4.78 is 0. The van der Waals surface area contributed by atoms with Gasteiger partial charge < -0.3 is 10.2 Å². The fourth-order valence-electron chi connectivity index (χ4n) is 2.05. The van der Waals surface area contributed by atoms with Crippen LogP contribution in [0.4, 0.5) is 11.4 Å². The highest BCUT2D eigenvalue weighted by Gasteiger charge is 2.04. The van der Waals surface area contributed by atoms with Gasteiger partial charge in [-0.2, -0.15) is 0 Å². The van der Waals surface area contributed by atoms with Crippen LogP contribution < -0.4 is 10.2 Å². The van der Waals surface area contributed by atoms with Crippen LogP contribution in [-0.2, 0) is 0 Å². The third-order valence-electron chi connectivity index (χ3n) is 3.36. The van der Waals surface area contributed by atoms with Crippen LogP contribution in [0, 0.1) is 0 Å². The largest absolute Gasteiger partial charge is 0.384 e. The van der Waals surface area contributed by atoms with Crippen molar-refractivity contribution < 1.29 is 0 Å². The SMILES string of the molecule is CC(CNc1ccc(N(C)C)cc1)c1ccccc1. The minimum atomic E-state index is 0.509. The molecule has 0 fully saturated rings. The van der Waals surface area contributed by atoms with Gasteiger partial charge in [0.1, 0.15) is 0 Å². The standard InChI is InChI=1S/C17H22N2/c1-14(15-7-5-4-6-8-15)13-18-16-9-11-17(12-10-16)19(2)3/h4-12,14,18H,13H2,1-3H3. The zero-order valence-corrected chi connectivity index (χ0v) is 11.9. The Bertz CT molecular complexity index is 488. The van der Waals surface area contributed by atoms with Crippen molar-refractivity contribution in [3.63, 3.8) is 0 Å². The smallest absolute Gasteiger partial charge is 0.0362 e. The lowest BCUT2D eigenvalue weighted by molar-refractivity contribution is 0.805. The molecule has 0 aliphatic carbocycles. The summed E-state index contributed by atoms with van der Waals surface area (Å²) >= 11 is 0. The van der Waals surface area contributed by atoms with E-state index in [2.05, 4.69) is 85.8 Å². The van der Waals surface area contributed by atoms with Crippen molar-refractivity contribution in [2.45, 2.75) is 12.8 Å². The van der Waals surface area contributed by atoms with E-state index in [0.717, 1.165) is 6.54 Å². The van der Waals surface area contributed by atoms with Crippen LogP contribution >= 0.6 is 0 Å². The van der Waals surface area contributed by atoms with Gasteiger partial charge in [-0.05, 0) is 35.7 Å². The van der Waals surface area contributed by atoms with Crippen LogP contribution in [0.2, 0.25) is 0 Å². The van der Waals surface area contributed by atoms with Crippen LogP contribution in [0.3, 0.4) is 0 Å². The molecule has 2 heteroatoms. The molecule has 0 aliphatic rings. The van der Waals surface area contributed by atoms with Crippen molar-refractivity contribution >= 4 is 11.4 Å². The van der Waals surface area contributed by atoms with Gasteiger partial charge in [0.15, 0.2) is 0 Å². The third kappa shape index (κ3) is 3.75. The Morgan fingerprint density at radius 2 is 1.58 bits per heavy atom. The Labute approximate surface area is 116 Å². The van der Waals surface area contributed by atoms with E-state index >= 15 is 0 Å². The lowest BCUT2D eigenvalue weighted by Crippen LogP contribution is -2.11. The molecule has 0 aliphatic heterocycles. The van der Waals surface area contributed by atoms with E-state index in [4.69, 9.17) is 0 Å². The second-order valence-electron chi connectivity index (χ2n) is 5.13. The van der Waals surface area contributed by atoms with Gasteiger partial charge in [-0.25, -0.2) is 0 Å². The first-order valence-corrected chi connectivity index (χ1v) is 6.73. The summed E-state index contributed by atoms with van der Waals surface area (Å²) in [5.41, 5.74) is 3.77. The van der Waals surface area contributed by atoms with Crippen molar-refractivity contribution in [2.75, 3.05) is 30.9 Å². The predicted molar refractivity (Wildman–Crippen MR) is 84.1 cm³/mol. The highest BCUT2D eigenvalue weighted by atomic mass is 15.1. The first kappa shape index (κ1) is 13.5. The lowest BCUT2D eigenvalue weighted by Gasteiger charge is -2.16. The molecule has 2 rings (SSSR count). The molecule has 0 aromatic heterocycles. The summed E-state index contributed by atoms with van der Waals surface area (Å²) in [4.78, 5) is 2.11. The Morgan fingerprint density at radius 1 is 0.947 bits per heavy atom. The van der Waals surface area contributed by atoms with E-state index in [1.165, 1.54) is 16.9 Å². The molecule has 0 amide bonds. The molecular weight excluding hydrogens is 232 g/mol. The predicted octanol–water partition coefficient (Wildman–Crippen LogP) is 3.97. The quantitative estimate of drug-likeness (QED) is 0.868. The van der Waals surface area contributed by atoms with Gasteiger partial charge >= 0.3 is 0 Å². The summed E-state index contributed by atoms with van der Waals surface area (Å²) in [6, 6.07) is 19.1. The van der Waals surface area contributed by atoms with E-state index in [9.17, 15) is 0 Å². The van der Waals surface area contributed by atoms with Crippen LogP contribution in [0.1, 0.15) is 18.4 Å². The topological polar surface area (TPSA) is 15.3 Å². The zero-order valence-electron chi connectivity index (χ0n) is 11.9. The second-order valence-corrected chi connectivity index (χ2v) is 5.13. The molecule has 0 saturated heterocycles. The highest BCUT2D eigenvalue weighted by molar-refractivity contribution is 5.54. The van der Waals surface area contributed by atoms with Gasteiger partial charge in [-0.15, -0.1) is 0 Å². The first-order chi connectivity index (χ1) is 9.16. The molecule has 0 spiro atoms. The molecule has 1 atom stereocenters. The Balaban J connectivity index is 1.92. The summed E-state index contributed by atoms with van der Waals surface area (Å²) in [6.45, 7) is 3.20. The van der Waals surface area contributed by atoms with Crippen LogP contribution in [-0.4, -0.2) is 20.6 Å². The van der Waals surface area contributed by atoms with Crippen molar-refractivity contribution in [3.8, 4) is 0 Å². The highest BCUT2D eigenvalue weighted by Crippen LogP contribution is 2.18. The fourth-order valence-corrected chi connectivity index (χ4v) is 2.05. The van der Waals surface area contributed by atoms with Crippen molar-refractivity contribution in [2.24, 2.45) is 0 Å². The number of nitrogens with zero attached hydrogens (tertiary/aromatic N) is 1. The van der Waals surface area contributed by atoms with E-state index in [1.54, 1.807) is 0 Å². The molecule has 0 bridgehead atoms. The maximum absolute atomic E-state index is 3.49. The molecular formula is C17H22N2. The lowest BCUT2D eigenvalue weighted by atomic mass is 10.0. The van der Waals surface area contributed by atoms with Gasteiger partial charge in [0, 0.05) is 32.0 Å². The van der Waals surface area contributed by atoms with Gasteiger partial charge in [0.05, 0.1) is 0 Å². The van der Waals surface area contributed by atoms with Crippen LogP contribution in [0.25, 0.3) is 0 Å². The molecule has 0 heterocycles. The fraction of sp³-hybridized carbons (Fsp3) is 0.294. The van der Waals surface area contributed by atoms with Gasteiger partial charge in [-0.1, -0.05) is 37.3 Å². The van der Waals surface area contributed by atoms with Crippen LogP contribution in [0.15, 0.2) is 54.6 Å². The van der Waals surface area contributed by atoms with E-state index in [0.29, 0.717) is 5.92 Å². The van der Waals surface area contributed by atoms with Crippen molar-refractivity contribution in [1.29, 1.82) is 0 Å². The molecule has 2 nitrogen and oxygen atoms in total. The number of anilines is 2. The number of benzene rings is 2. The minimum Gasteiger partial charge on any atom is -0.384 e. The Kier molecular flexibility index (Phi) is 4.45.